The summed E-state index contributed by atoms with van der Waals surface area (Å²) in [7, 11) is 0. The molecule has 0 saturated carbocycles. The Morgan fingerprint density at radius 2 is 1.98 bits per heavy atom. The average molecular weight is 556 g/mol. The summed E-state index contributed by atoms with van der Waals surface area (Å²) in [6.45, 7) is 7.98. The van der Waals surface area contributed by atoms with E-state index in [-0.39, 0.29) is 48.7 Å². The minimum Gasteiger partial charge on any atom is -0.361 e. The van der Waals surface area contributed by atoms with Gasteiger partial charge in [0, 0.05) is 31.2 Å². The molecule has 2 atom stereocenters. The molecule has 3 heterocycles. The van der Waals surface area contributed by atoms with Crippen LogP contribution in [0.1, 0.15) is 66.0 Å². The lowest BCUT2D eigenvalue weighted by Crippen LogP contribution is -2.55. The van der Waals surface area contributed by atoms with E-state index in [0.29, 0.717) is 55.8 Å². The van der Waals surface area contributed by atoms with E-state index in [0.717, 1.165) is 5.56 Å². The van der Waals surface area contributed by atoms with E-state index in [9.17, 15) is 23.6 Å². The molecule has 0 radical (unpaired) electrons. The highest BCUT2D eigenvalue weighted by Gasteiger charge is 2.37. The first kappa shape index (κ1) is 29.2. The molecule has 1 aromatic heterocycles. The lowest BCUT2D eigenvalue weighted by Gasteiger charge is -2.32. The molecular weight excluding hydrogens is 517 g/mol. The molecule has 2 aliphatic rings. The Morgan fingerprint density at radius 1 is 1.20 bits per heavy atom. The van der Waals surface area contributed by atoms with E-state index in [2.05, 4.69) is 15.8 Å². The van der Waals surface area contributed by atoms with Gasteiger partial charge < -0.3 is 25.0 Å². The van der Waals surface area contributed by atoms with Gasteiger partial charge in [0.05, 0.1) is 24.2 Å². The van der Waals surface area contributed by atoms with Crippen LogP contribution in [0, 0.1) is 25.6 Å². The number of benzene rings is 1. The zero-order valence-corrected chi connectivity index (χ0v) is 23.6. The molecule has 2 bridgehead atoms. The number of amides is 4. The van der Waals surface area contributed by atoms with Gasteiger partial charge in [-0.3, -0.25) is 19.2 Å². The minimum absolute atomic E-state index is 0.0132. The van der Waals surface area contributed by atoms with Crippen molar-refractivity contribution in [2.45, 2.75) is 71.9 Å². The van der Waals surface area contributed by atoms with Gasteiger partial charge in [-0.05, 0) is 63.1 Å². The van der Waals surface area contributed by atoms with Crippen LogP contribution in [0.25, 0.3) is 0 Å². The van der Waals surface area contributed by atoms with Crippen LogP contribution in [0.15, 0.2) is 22.7 Å². The molecule has 0 spiro atoms. The molecule has 4 rings (SSSR count). The molecule has 1 fully saturated rings. The van der Waals surface area contributed by atoms with Gasteiger partial charge in [-0.15, -0.1) is 0 Å². The van der Waals surface area contributed by atoms with Crippen LogP contribution < -0.4 is 10.6 Å². The first-order valence-corrected chi connectivity index (χ1v) is 13.9. The number of rotatable bonds is 3. The summed E-state index contributed by atoms with van der Waals surface area (Å²) in [5, 5.41) is 9.80. The lowest BCUT2D eigenvalue weighted by molar-refractivity contribution is -0.136. The third-order valence-corrected chi connectivity index (χ3v) is 7.79. The fourth-order valence-electron chi connectivity index (χ4n) is 5.29. The number of hydrogen-bond acceptors (Lipinski definition) is 6. The average Bonchev–Trinajstić information content (AvgIpc) is 3.53. The first-order valence-electron chi connectivity index (χ1n) is 13.9. The Morgan fingerprint density at radius 3 is 2.67 bits per heavy atom. The predicted octanol–water partition coefficient (Wildman–Crippen LogP) is 2.31. The van der Waals surface area contributed by atoms with Gasteiger partial charge in [-0.2, -0.15) is 0 Å². The van der Waals surface area contributed by atoms with E-state index in [1.807, 2.05) is 13.8 Å². The van der Waals surface area contributed by atoms with E-state index in [1.54, 1.807) is 19.9 Å². The fraction of sp³-hybridized carbons (Fsp3) is 0.552. The number of aryl methyl sites for hydroxylation is 3. The van der Waals surface area contributed by atoms with Crippen LogP contribution >= 0.6 is 0 Å². The molecular formula is C29H38FN5O5. The number of halogens is 1. The van der Waals surface area contributed by atoms with Gasteiger partial charge in [0.25, 0.3) is 5.91 Å². The molecule has 40 heavy (non-hydrogen) atoms. The highest BCUT2D eigenvalue weighted by Crippen LogP contribution is 2.23. The van der Waals surface area contributed by atoms with Crippen LogP contribution in [0.2, 0.25) is 0 Å². The van der Waals surface area contributed by atoms with E-state index in [4.69, 9.17) is 4.52 Å². The molecule has 2 aliphatic heterocycles. The third kappa shape index (κ3) is 6.68. The third-order valence-electron chi connectivity index (χ3n) is 7.79. The lowest BCUT2D eigenvalue weighted by atomic mass is 10.0. The van der Waals surface area contributed by atoms with Crippen molar-refractivity contribution < 1.29 is 28.1 Å². The number of fused-ring (bicyclic) bond motifs is 3. The molecule has 10 nitrogen and oxygen atoms in total. The van der Waals surface area contributed by atoms with Crippen molar-refractivity contribution in [3.05, 3.63) is 52.2 Å². The SMILES string of the molecule is Cc1noc(C)c1CC(=O)N1CC(=O)NCCCc2ccc(F)c(c2)C(=O)N2CCC[C@H]2C(=O)N[C@H](C(C)C)C1. The van der Waals surface area contributed by atoms with Gasteiger partial charge >= 0.3 is 0 Å². The summed E-state index contributed by atoms with van der Waals surface area (Å²) in [6.07, 6.45) is 2.19. The molecule has 1 aromatic carbocycles. The molecule has 4 amide bonds. The molecule has 2 N–H and O–H groups in total. The molecule has 11 heteroatoms. The maximum atomic E-state index is 14.7. The van der Waals surface area contributed by atoms with Crippen LogP contribution in [0.3, 0.4) is 0 Å². The largest absolute Gasteiger partial charge is 0.361 e. The number of hydrogen-bond donors (Lipinski definition) is 2. The zero-order valence-electron chi connectivity index (χ0n) is 23.6. The summed E-state index contributed by atoms with van der Waals surface area (Å²) < 4.78 is 19.9. The van der Waals surface area contributed by atoms with Crippen molar-refractivity contribution in [2.75, 3.05) is 26.2 Å². The summed E-state index contributed by atoms with van der Waals surface area (Å²) in [5.41, 5.74) is 2.00. The number of nitrogens with zero attached hydrogens (tertiary/aromatic N) is 3. The summed E-state index contributed by atoms with van der Waals surface area (Å²) >= 11 is 0. The number of nitrogens with one attached hydrogen (secondary N) is 2. The van der Waals surface area contributed by atoms with Gasteiger partial charge in [-0.1, -0.05) is 25.1 Å². The van der Waals surface area contributed by atoms with Gasteiger partial charge in [0.15, 0.2) is 0 Å². The maximum absolute atomic E-state index is 14.7. The first-order chi connectivity index (χ1) is 19.0. The van der Waals surface area contributed by atoms with Crippen molar-refractivity contribution >= 4 is 23.6 Å². The Hall–Kier alpha value is -3.76. The molecule has 0 unspecified atom stereocenters. The zero-order chi connectivity index (χ0) is 29.0. The second-order valence-corrected chi connectivity index (χ2v) is 11.0. The fourth-order valence-corrected chi connectivity index (χ4v) is 5.29. The molecule has 216 valence electrons. The second kappa shape index (κ2) is 12.6. The number of carbonyl (C=O) groups is 4. The summed E-state index contributed by atoms with van der Waals surface area (Å²) in [6, 6.07) is 3.21. The second-order valence-electron chi connectivity index (χ2n) is 11.0. The highest BCUT2D eigenvalue weighted by molar-refractivity contribution is 5.98. The maximum Gasteiger partial charge on any atom is 0.257 e. The van der Waals surface area contributed by atoms with Crippen molar-refractivity contribution in [2.24, 2.45) is 5.92 Å². The van der Waals surface area contributed by atoms with Gasteiger partial charge in [-0.25, -0.2) is 4.39 Å². The van der Waals surface area contributed by atoms with Crippen LogP contribution in [-0.4, -0.2) is 76.8 Å². The van der Waals surface area contributed by atoms with E-state index >= 15 is 0 Å². The van der Waals surface area contributed by atoms with Crippen LogP contribution in [0.4, 0.5) is 4.39 Å². The van der Waals surface area contributed by atoms with Gasteiger partial charge in [0.1, 0.15) is 17.6 Å². The smallest absolute Gasteiger partial charge is 0.257 e. The van der Waals surface area contributed by atoms with Crippen LogP contribution in [-0.2, 0) is 27.2 Å². The minimum atomic E-state index is -0.748. The van der Waals surface area contributed by atoms with Crippen molar-refractivity contribution in [1.29, 1.82) is 0 Å². The van der Waals surface area contributed by atoms with E-state index < -0.39 is 23.8 Å². The molecule has 2 aromatic rings. The van der Waals surface area contributed by atoms with Crippen molar-refractivity contribution in [3.63, 3.8) is 0 Å². The van der Waals surface area contributed by atoms with Crippen molar-refractivity contribution in [1.82, 2.24) is 25.6 Å². The highest BCUT2D eigenvalue weighted by atomic mass is 19.1. The Labute approximate surface area is 233 Å². The molecule has 1 saturated heterocycles. The summed E-state index contributed by atoms with van der Waals surface area (Å²) in [5.74, 6) is -1.63. The predicted molar refractivity (Wildman–Crippen MR) is 145 cm³/mol. The normalized spacial score (nSPS) is 21.2. The Bertz CT molecular complexity index is 1260. The van der Waals surface area contributed by atoms with Gasteiger partial charge in [0.2, 0.25) is 17.7 Å². The topological polar surface area (TPSA) is 125 Å². The van der Waals surface area contributed by atoms with Crippen molar-refractivity contribution in [3.8, 4) is 0 Å². The number of carbonyl (C=O) groups excluding carboxylic acids is 4. The quantitative estimate of drug-likeness (QED) is 0.599. The monoisotopic (exact) mass is 555 g/mol. The Kier molecular flexibility index (Phi) is 9.21. The number of aromatic nitrogens is 1. The molecule has 0 aliphatic carbocycles. The van der Waals surface area contributed by atoms with E-state index in [1.165, 1.54) is 21.9 Å². The van der Waals surface area contributed by atoms with Crippen LogP contribution in [0.5, 0.6) is 0 Å². The Balaban J connectivity index is 1.62. The standard InChI is InChI=1S/C29H38FN5O5/c1-17(2)24-15-34(27(37)14-21-18(3)33-40-19(21)4)16-26(36)31-11-5-7-20-9-10-23(30)22(13-20)29(39)35-12-6-8-25(35)28(38)32-24/h9-10,13,17,24-25H,5-8,11-12,14-16H2,1-4H3,(H,31,36)(H,32,38)/t24-,25-/m0/s1. The summed E-state index contributed by atoms with van der Waals surface area (Å²) in [4.78, 5) is 56.2.